The Kier molecular flexibility index (Phi) is 3.54. The fourth-order valence-corrected chi connectivity index (χ4v) is 2.27. The molecule has 4 nitrogen and oxygen atoms in total. The number of furan rings is 1. The van der Waals surface area contributed by atoms with Gasteiger partial charge in [-0.05, 0) is 30.7 Å². The molecule has 0 amide bonds. The summed E-state index contributed by atoms with van der Waals surface area (Å²) in [6.45, 7) is 2.14. The van der Waals surface area contributed by atoms with E-state index in [9.17, 15) is 0 Å². The number of aromatic nitrogens is 2. The lowest BCUT2D eigenvalue weighted by molar-refractivity contribution is 0.474. The van der Waals surface area contributed by atoms with E-state index in [1.165, 1.54) is 0 Å². The molecule has 0 radical (unpaired) electrons. The van der Waals surface area contributed by atoms with Crippen molar-refractivity contribution in [2.24, 2.45) is 0 Å². The summed E-state index contributed by atoms with van der Waals surface area (Å²) >= 11 is 0. The van der Waals surface area contributed by atoms with Crippen LogP contribution in [0.3, 0.4) is 0 Å². The summed E-state index contributed by atoms with van der Waals surface area (Å²) in [5.41, 5.74) is 2.14. The highest BCUT2D eigenvalue weighted by atomic mass is 16.3. The molecule has 2 heterocycles. The molecule has 1 aromatic carbocycles. The van der Waals surface area contributed by atoms with Gasteiger partial charge < -0.3 is 14.3 Å². The summed E-state index contributed by atoms with van der Waals surface area (Å²) in [7, 11) is 0. The van der Waals surface area contributed by atoms with Gasteiger partial charge in [-0.1, -0.05) is 19.1 Å². The van der Waals surface area contributed by atoms with Gasteiger partial charge in [-0.25, -0.2) is 4.98 Å². The van der Waals surface area contributed by atoms with Crippen LogP contribution in [-0.2, 0) is 0 Å². The van der Waals surface area contributed by atoms with E-state index < -0.39 is 0 Å². The van der Waals surface area contributed by atoms with E-state index >= 15 is 0 Å². The monoisotopic (exact) mass is 267 g/mol. The zero-order chi connectivity index (χ0) is 13.8. The minimum absolute atomic E-state index is 0.162. The highest BCUT2D eigenvalue weighted by Gasteiger charge is 2.13. The normalized spacial score (nSPS) is 12.2. The van der Waals surface area contributed by atoms with Gasteiger partial charge in [-0.3, -0.25) is 0 Å². The molecule has 2 aromatic heterocycles. The summed E-state index contributed by atoms with van der Waals surface area (Å²) in [6.07, 6.45) is 8.18. The highest BCUT2D eigenvalue weighted by molar-refractivity contribution is 5.61. The second-order valence-electron chi connectivity index (χ2n) is 4.61. The number of hydrogen-bond donors (Lipinski definition) is 1. The molecule has 0 fully saturated rings. The minimum atomic E-state index is 0.162. The number of nitrogens with one attached hydrogen (secondary N) is 1. The fraction of sp³-hybridized carbons (Fsp3) is 0.188. The van der Waals surface area contributed by atoms with Crippen molar-refractivity contribution in [1.29, 1.82) is 0 Å². The Labute approximate surface area is 118 Å². The molecular weight excluding hydrogens is 250 g/mol. The minimum Gasteiger partial charge on any atom is -0.467 e. The van der Waals surface area contributed by atoms with Crippen LogP contribution < -0.4 is 5.32 Å². The van der Waals surface area contributed by atoms with Crippen LogP contribution in [0.1, 0.15) is 25.1 Å². The molecule has 0 saturated carbocycles. The van der Waals surface area contributed by atoms with Crippen LogP contribution in [0, 0.1) is 0 Å². The quantitative estimate of drug-likeness (QED) is 0.759. The van der Waals surface area contributed by atoms with E-state index in [1.807, 2.05) is 35.0 Å². The number of anilines is 1. The van der Waals surface area contributed by atoms with Crippen LogP contribution in [0.15, 0.2) is 65.8 Å². The molecule has 0 aliphatic heterocycles. The van der Waals surface area contributed by atoms with E-state index in [2.05, 4.69) is 29.4 Å². The van der Waals surface area contributed by atoms with Crippen LogP contribution in [0.5, 0.6) is 0 Å². The molecule has 3 aromatic rings. The van der Waals surface area contributed by atoms with E-state index in [0.29, 0.717) is 0 Å². The van der Waals surface area contributed by atoms with Gasteiger partial charge in [0.25, 0.3) is 0 Å². The molecule has 0 saturated heterocycles. The molecule has 0 aliphatic carbocycles. The first-order valence-electron chi connectivity index (χ1n) is 6.75. The second-order valence-corrected chi connectivity index (χ2v) is 4.61. The fourth-order valence-electron chi connectivity index (χ4n) is 2.27. The molecule has 1 unspecified atom stereocenters. The van der Waals surface area contributed by atoms with Crippen LogP contribution in [0.25, 0.3) is 5.69 Å². The van der Waals surface area contributed by atoms with Crippen molar-refractivity contribution in [3.63, 3.8) is 0 Å². The summed E-state index contributed by atoms with van der Waals surface area (Å²) in [5, 5.41) is 3.55. The van der Waals surface area contributed by atoms with Crippen molar-refractivity contribution in [3.8, 4) is 5.69 Å². The van der Waals surface area contributed by atoms with Crippen molar-refractivity contribution in [1.82, 2.24) is 9.55 Å². The van der Waals surface area contributed by atoms with Crippen LogP contribution in [-0.4, -0.2) is 9.55 Å². The van der Waals surface area contributed by atoms with Gasteiger partial charge in [-0.2, -0.15) is 0 Å². The van der Waals surface area contributed by atoms with Crippen molar-refractivity contribution >= 4 is 5.69 Å². The van der Waals surface area contributed by atoms with E-state index in [1.54, 1.807) is 18.8 Å². The molecule has 102 valence electrons. The van der Waals surface area contributed by atoms with E-state index in [0.717, 1.165) is 23.6 Å². The average molecular weight is 267 g/mol. The van der Waals surface area contributed by atoms with Gasteiger partial charge in [-0.15, -0.1) is 0 Å². The smallest absolute Gasteiger partial charge is 0.125 e. The molecule has 0 bridgehead atoms. The molecule has 4 heteroatoms. The molecule has 3 rings (SSSR count). The van der Waals surface area contributed by atoms with Crippen LogP contribution >= 0.6 is 0 Å². The first-order valence-corrected chi connectivity index (χ1v) is 6.75. The van der Waals surface area contributed by atoms with Gasteiger partial charge in [0, 0.05) is 12.4 Å². The summed E-state index contributed by atoms with van der Waals surface area (Å²) < 4.78 is 7.50. The maximum atomic E-state index is 5.51. The average Bonchev–Trinajstić information content (AvgIpc) is 3.18. The molecule has 0 spiro atoms. The Morgan fingerprint density at radius 1 is 1.25 bits per heavy atom. The summed E-state index contributed by atoms with van der Waals surface area (Å²) in [4.78, 5) is 4.11. The molecule has 0 aliphatic rings. The zero-order valence-electron chi connectivity index (χ0n) is 11.4. The predicted molar refractivity (Wildman–Crippen MR) is 78.9 cm³/mol. The van der Waals surface area contributed by atoms with E-state index in [-0.39, 0.29) is 6.04 Å². The number of imidazole rings is 1. The lowest BCUT2D eigenvalue weighted by atomic mass is 10.1. The van der Waals surface area contributed by atoms with Crippen molar-refractivity contribution in [2.75, 3.05) is 5.32 Å². The van der Waals surface area contributed by atoms with Crippen molar-refractivity contribution in [3.05, 3.63) is 67.1 Å². The van der Waals surface area contributed by atoms with Gasteiger partial charge in [0.15, 0.2) is 0 Å². The Hall–Kier alpha value is -2.49. The SMILES string of the molecule is CCC(Nc1ccccc1-n1ccnc1)c1ccco1. The summed E-state index contributed by atoms with van der Waals surface area (Å²) in [5.74, 6) is 0.952. The Bertz CT molecular complexity index is 644. The van der Waals surface area contributed by atoms with Crippen molar-refractivity contribution < 1.29 is 4.42 Å². The van der Waals surface area contributed by atoms with Crippen molar-refractivity contribution in [2.45, 2.75) is 19.4 Å². The van der Waals surface area contributed by atoms with Gasteiger partial charge in [0.1, 0.15) is 5.76 Å². The number of para-hydroxylation sites is 2. The Balaban J connectivity index is 1.91. The molecule has 1 N–H and O–H groups in total. The molecule has 1 atom stereocenters. The maximum absolute atomic E-state index is 5.51. The Morgan fingerprint density at radius 3 is 2.85 bits per heavy atom. The third-order valence-corrected chi connectivity index (χ3v) is 3.31. The largest absolute Gasteiger partial charge is 0.467 e. The van der Waals surface area contributed by atoms with Gasteiger partial charge in [0.2, 0.25) is 0 Å². The maximum Gasteiger partial charge on any atom is 0.125 e. The number of rotatable bonds is 5. The topological polar surface area (TPSA) is 43.0 Å². The first kappa shape index (κ1) is 12.5. The number of benzene rings is 1. The predicted octanol–water partition coefficient (Wildman–Crippen LogP) is 4.03. The van der Waals surface area contributed by atoms with Crippen LogP contribution in [0.4, 0.5) is 5.69 Å². The molecular formula is C16H17N3O. The Morgan fingerprint density at radius 2 is 2.15 bits per heavy atom. The number of nitrogens with zero attached hydrogens (tertiary/aromatic N) is 2. The third-order valence-electron chi connectivity index (χ3n) is 3.31. The van der Waals surface area contributed by atoms with E-state index in [4.69, 9.17) is 4.42 Å². The lowest BCUT2D eigenvalue weighted by Crippen LogP contribution is -2.10. The third kappa shape index (κ3) is 2.45. The van der Waals surface area contributed by atoms with Gasteiger partial charge >= 0.3 is 0 Å². The first-order chi connectivity index (χ1) is 9.88. The second kappa shape index (κ2) is 5.65. The van der Waals surface area contributed by atoms with Crippen LogP contribution in [0.2, 0.25) is 0 Å². The standard InChI is InChI=1S/C16H17N3O/c1-2-13(16-8-5-11-20-16)18-14-6-3-4-7-15(14)19-10-9-17-12-19/h3-13,18H,2H2,1H3. The highest BCUT2D eigenvalue weighted by Crippen LogP contribution is 2.27. The summed E-state index contributed by atoms with van der Waals surface area (Å²) in [6, 6.07) is 12.3. The zero-order valence-corrected chi connectivity index (χ0v) is 11.4. The lowest BCUT2D eigenvalue weighted by Gasteiger charge is -2.19. The number of hydrogen-bond acceptors (Lipinski definition) is 3. The van der Waals surface area contributed by atoms with Gasteiger partial charge in [0.05, 0.1) is 30.0 Å². The molecule has 20 heavy (non-hydrogen) atoms.